The Labute approximate surface area is 169 Å². The molecule has 0 radical (unpaired) electrons. The van der Waals surface area contributed by atoms with Gasteiger partial charge >= 0.3 is 7.82 Å². The van der Waals surface area contributed by atoms with Crippen molar-refractivity contribution in [2.24, 2.45) is 5.92 Å². The minimum atomic E-state index is -4.80. The second-order valence-electron chi connectivity index (χ2n) is 6.84. The van der Waals surface area contributed by atoms with Gasteiger partial charge in [0.15, 0.2) is 17.4 Å². The molecule has 3 heterocycles. The van der Waals surface area contributed by atoms with E-state index >= 15 is 0 Å². The lowest BCUT2D eigenvalue weighted by Gasteiger charge is -2.20. The van der Waals surface area contributed by atoms with Crippen molar-refractivity contribution < 1.29 is 33.5 Å². The summed E-state index contributed by atoms with van der Waals surface area (Å²) in [4.78, 5) is 52.4. The number of nitrogen functional groups attached to an aromatic ring is 1. The Morgan fingerprint density at radius 3 is 2.90 bits per heavy atom. The van der Waals surface area contributed by atoms with E-state index in [1.54, 1.807) is 0 Å². The molecule has 15 heteroatoms. The van der Waals surface area contributed by atoms with E-state index in [4.69, 9.17) is 20.3 Å². The van der Waals surface area contributed by atoms with Crippen molar-refractivity contribution >= 4 is 30.8 Å². The Balaban J connectivity index is 1.90. The number of nitrogens with one attached hydrogen (secondary N) is 2. The van der Waals surface area contributed by atoms with Gasteiger partial charge in [-0.1, -0.05) is 6.92 Å². The molecule has 1 aliphatic rings. The van der Waals surface area contributed by atoms with Crippen molar-refractivity contribution in [2.75, 3.05) is 18.9 Å². The van der Waals surface area contributed by atoms with Crippen LogP contribution in [0.4, 0.5) is 5.95 Å². The third-order valence-corrected chi connectivity index (χ3v) is 5.13. The highest BCUT2D eigenvalue weighted by molar-refractivity contribution is 7.46. The lowest BCUT2D eigenvalue weighted by molar-refractivity contribution is -0.123. The number of aliphatic hydroxyl groups excluding tert-OH is 1. The Morgan fingerprint density at radius 1 is 1.50 bits per heavy atom. The topological polar surface area (TPSA) is 215 Å². The first-order valence-electron chi connectivity index (χ1n) is 9.13. The van der Waals surface area contributed by atoms with Gasteiger partial charge in [0.05, 0.1) is 19.0 Å². The Hall–Kier alpha value is -2.35. The minimum Gasteiger partial charge on any atom is -0.388 e. The molecular weight excluding hydrogens is 423 g/mol. The highest BCUT2D eigenvalue weighted by Gasteiger charge is 2.46. The molecule has 1 saturated heterocycles. The molecule has 1 fully saturated rings. The number of carbonyl (C=O) groups is 1. The summed E-state index contributed by atoms with van der Waals surface area (Å²) in [5.41, 5.74) is 5.01. The molecule has 2 aromatic rings. The van der Waals surface area contributed by atoms with E-state index < -0.39 is 44.3 Å². The summed E-state index contributed by atoms with van der Waals surface area (Å²) < 4.78 is 22.7. The van der Waals surface area contributed by atoms with Crippen LogP contribution in [0.1, 0.15) is 26.0 Å². The summed E-state index contributed by atoms with van der Waals surface area (Å²) >= 11 is 0. The average Bonchev–Trinajstić information content (AvgIpc) is 3.19. The lowest BCUT2D eigenvalue weighted by atomic mass is 9.94. The number of amides is 1. The third-order valence-electron chi connectivity index (χ3n) is 4.65. The van der Waals surface area contributed by atoms with Gasteiger partial charge in [-0.3, -0.25) is 23.7 Å². The number of carbonyl (C=O) groups excluding carboxylic acids is 1. The van der Waals surface area contributed by atoms with E-state index in [9.17, 15) is 19.3 Å². The number of fused-ring (bicyclic) bond motifs is 1. The van der Waals surface area contributed by atoms with E-state index in [-0.39, 0.29) is 29.4 Å². The first kappa shape index (κ1) is 22.3. The molecule has 2 aromatic heterocycles. The number of aliphatic hydroxyl groups is 1. The van der Waals surface area contributed by atoms with Crippen LogP contribution in [-0.2, 0) is 18.6 Å². The van der Waals surface area contributed by atoms with Crippen molar-refractivity contribution in [3.8, 4) is 0 Å². The van der Waals surface area contributed by atoms with E-state index in [0.29, 0.717) is 13.0 Å². The molecule has 30 heavy (non-hydrogen) atoms. The van der Waals surface area contributed by atoms with Crippen LogP contribution in [0.3, 0.4) is 0 Å². The number of nitrogens with zero attached hydrogens (tertiary/aromatic N) is 3. The van der Waals surface area contributed by atoms with Gasteiger partial charge in [0.25, 0.3) is 5.56 Å². The van der Waals surface area contributed by atoms with Gasteiger partial charge in [-0.15, -0.1) is 0 Å². The second-order valence-corrected chi connectivity index (χ2v) is 8.07. The fourth-order valence-corrected chi connectivity index (χ4v) is 3.63. The van der Waals surface area contributed by atoms with Gasteiger partial charge in [0, 0.05) is 18.9 Å². The average molecular weight is 446 g/mol. The number of ether oxygens (including phenoxy) is 1. The van der Waals surface area contributed by atoms with Crippen LogP contribution in [0.2, 0.25) is 0 Å². The minimum absolute atomic E-state index is 0.0350. The van der Waals surface area contributed by atoms with Crippen LogP contribution in [-0.4, -0.2) is 65.7 Å². The predicted octanol–water partition coefficient (Wildman–Crippen LogP) is -1.40. The predicted molar refractivity (Wildman–Crippen MR) is 102 cm³/mol. The number of nitrogens with two attached hydrogens (primary N) is 1. The number of H-pyrrole nitrogens is 1. The largest absolute Gasteiger partial charge is 0.469 e. The van der Waals surface area contributed by atoms with Gasteiger partial charge in [0.2, 0.25) is 11.9 Å². The first-order valence-corrected chi connectivity index (χ1v) is 10.7. The van der Waals surface area contributed by atoms with Crippen LogP contribution in [0, 0.1) is 5.92 Å². The standard InChI is InChI=1S/C15H23N6O8P/c1-2-3-17-9(22)4-7-8(5-28-30(25,26)27)29-14(11(7)23)21-6-18-10-12(21)19-15(16)20-13(10)24/h6-8,11,14,23H,2-5H2,1H3,(H,17,22)(H2,25,26,27)(H3,16,19,20,24)/t7-,8-,11-,14-/m1/s1. The van der Waals surface area contributed by atoms with Crippen molar-refractivity contribution in [2.45, 2.75) is 38.2 Å². The van der Waals surface area contributed by atoms with Crippen LogP contribution in [0.15, 0.2) is 11.1 Å². The maximum Gasteiger partial charge on any atom is 0.469 e. The zero-order valence-electron chi connectivity index (χ0n) is 16.0. The number of imidazole rings is 1. The molecule has 0 aliphatic carbocycles. The Morgan fingerprint density at radius 2 is 2.23 bits per heavy atom. The van der Waals surface area contributed by atoms with Crippen LogP contribution < -0.4 is 16.6 Å². The number of phosphoric ester groups is 1. The fraction of sp³-hybridized carbons (Fsp3) is 0.600. The molecule has 14 nitrogen and oxygen atoms in total. The maximum absolute atomic E-state index is 12.2. The van der Waals surface area contributed by atoms with Gasteiger partial charge in [0.1, 0.15) is 6.10 Å². The zero-order valence-corrected chi connectivity index (χ0v) is 16.9. The molecule has 0 aromatic carbocycles. The van der Waals surface area contributed by atoms with Gasteiger partial charge in [-0.25, -0.2) is 9.55 Å². The first-order chi connectivity index (χ1) is 14.1. The Kier molecular flexibility index (Phi) is 6.55. The van der Waals surface area contributed by atoms with Gasteiger partial charge in [-0.05, 0) is 6.42 Å². The van der Waals surface area contributed by atoms with Gasteiger partial charge < -0.3 is 30.7 Å². The molecule has 0 unspecified atom stereocenters. The highest BCUT2D eigenvalue weighted by atomic mass is 31.2. The highest BCUT2D eigenvalue weighted by Crippen LogP contribution is 2.41. The van der Waals surface area contributed by atoms with Gasteiger partial charge in [-0.2, -0.15) is 4.98 Å². The zero-order chi connectivity index (χ0) is 22.1. The summed E-state index contributed by atoms with van der Waals surface area (Å²) in [6.07, 6.45) is -1.69. The number of hydrogen-bond donors (Lipinski definition) is 6. The summed E-state index contributed by atoms with van der Waals surface area (Å²) in [7, 11) is -4.80. The summed E-state index contributed by atoms with van der Waals surface area (Å²) in [6, 6.07) is 0. The fourth-order valence-electron chi connectivity index (χ4n) is 3.29. The molecule has 1 amide bonds. The van der Waals surface area contributed by atoms with Crippen molar-refractivity contribution in [3.05, 3.63) is 16.7 Å². The van der Waals surface area contributed by atoms with Crippen molar-refractivity contribution in [3.63, 3.8) is 0 Å². The summed E-state index contributed by atoms with van der Waals surface area (Å²) in [5.74, 6) is -1.38. The number of hydrogen-bond acceptors (Lipinski definition) is 9. The van der Waals surface area contributed by atoms with E-state index in [2.05, 4.69) is 24.8 Å². The molecule has 7 N–H and O–H groups in total. The molecule has 0 bridgehead atoms. The molecule has 166 valence electrons. The van der Waals surface area contributed by atoms with Crippen LogP contribution >= 0.6 is 7.82 Å². The monoisotopic (exact) mass is 446 g/mol. The van der Waals surface area contributed by atoms with Crippen LogP contribution in [0.25, 0.3) is 11.2 Å². The number of aromatic nitrogens is 4. The molecule has 4 atom stereocenters. The normalized spacial score (nSPS) is 24.4. The molecule has 3 rings (SSSR count). The quantitative estimate of drug-likeness (QED) is 0.259. The van der Waals surface area contributed by atoms with E-state index in [1.165, 1.54) is 10.9 Å². The smallest absolute Gasteiger partial charge is 0.388 e. The number of rotatable bonds is 8. The van der Waals surface area contributed by atoms with E-state index in [1.807, 2.05) is 6.92 Å². The molecular formula is C15H23N6O8P. The third kappa shape index (κ3) is 4.86. The number of phosphoric acid groups is 1. The molecule has 0 saturated carbocycles. The van der Waals surface area contributed by atoms with Crippen LogP contribution in [0.5, 0.6) is 0 Å². The molecule has 1 aliphatic heterocycles. The number of anilines is 1. The summed E-state index contributed by atoms with van der Waals surface area (Å²) in [6.45, 7) is 1.76. The second kappa shape index (κ2) is 8.79. The number of aromatic amines is 1. The summed E-state index contributed by atoms with van der Waals surface area (Å²) in [5, 5.41) is 13.5. The SMILES string of the molecule is CCCNC(=O)C[C@H]1[C@@H](O)[C@H](n2cnc3c(=O)[nH]c(N)nc32)O[C@@H]1COP(=O)(O)O. The lowest BCUT2D eigenvalue weighted by Crippen LogP contribution is -2.35. The van der Waals surface area contributed by atoms with E-state index in [0.717, 1.165) is 0 Å². The molecule has 0 spiro atoms. The Bertz CT molecular complexity index is 1020. The van der Waals surface area contributed by atoms with Crippen molar-refractivity contribution in [1.82, 2.24) is 24.8 Å². The van der Waals surface area contributed by atoms with Crippen molar-refractivity contribution in [1.29, 1.82) is 0 Å². The maximum atomic E-state index is 12.2.